The molecule has 0 bridgehead atoms. The Bertz CT molecular complexity index is 668. The highest BCUT2D eigenvalue weighted by Crippen LogP contribution is 2.31. The van der Waals surface area contributed by atoms with Gasteiger partial charge in [0.15, 0.2) is 5.82 Å². The molecule has 2 atom stereocenters. The Balaban J connectivity index is 1.71. The first-order chi connectivity index (χ1) is 11.6. The van der Waals surface area contributed by atoms with E-state index in [0.717, 1.165) is 25.8 Å². The first kappa shape index (κ1) is 17.0. The smallest absolute Gasteiger partial charge is 0.318 e. The minimum absolute atomic E-state index is 0.0475. The predicted octanol–water partition coefficient (Wildman–Crippen LogP) is 4.25. The molecule has 0 radical (unpaired) electrons. The Morgan fingerprint density at radius 3 is 3.00 bits per heavy atom. The largest absolute Gasteiger partial charge is 0.339 e. The summed E-state index contributed by atoms with van der Waals surface area (Å²) in [6.07, 6.45) is 2.70. The van der Waals surface area contributed by atoms with Gasteiger partial charge in [-0.15, -0.1) is 11.3 Å². The maximum absolute atomic E-state index is 12.8. The van der Waals surface area contributed by atoms with Crippen LogP contribution in [0.1, 0.15) is 74.6 Å². The van der Waals surface area contributed by atoms with Crippen molar-refractivity contribution in [3.63, 3.8) is 0 Å². The molecular weight excluding hydrogens is 324 g/mol. The van der Waals surface area contributed by atoms with Gasteiger partial charge in [0, 0.05) is 17.3 Å². The Kier molecular flexibility index (Phi) is 5.18. The molecule has 1 fully saturated rings. The van der Waals surface area contributed by atoms with E-state index < -0.39 is 0 Å². The molecule has 130 valence electrons. The van der Waals surface area contributed by atoms with Crippen LogP contribution in [0.3, 0.4) is 0 Å². The molecule has 24 heavy (non-hydrogen) atoms. The lowest BCUT2D eigenvalue weighted by molar-refractivity contribution is 0.185. The fraction of sp³-hybridized carbons (Fsp3) is 0.588. The number of nitrogens with zero attached hydrogens (tertiary/aromatic N) is 3. The number of thiophene rings is 1. The molecule has 0 spiro atoms. The average molecular weight is 348 g/mol. The fourth-order valence-electron chi connectivity index (χ4n) is 2.99. The van der Waals surface area contributed by atoms with Gasteiger partial charge < -0.3 is 14.7 Å². The summed E-state index contributed by atoms with van der Waals surface area (Å²) in [5.41, 5.74) is 0. The molecule has 0 saturated carbocycles. The highest BCUT2D eigenvalue weighted by atomic mass is 32.1. The van der Waals surface area contributed by atoms with Crippen LogP contribution in [0.4, 0.5) is 4.79 Å². The molecule has 3 heterocycles. The number of aromatic nitrogens is 2. The van der Waals surface area contributed by atoms with E-state index in [4.69, 9.17) is 4.52 Å². The molecule has 6 nitrogen and oxygen atoms in total. The van der Waals surface area contributed by atoms with Gasteiger partial charge >= 0.3 is 6.03 Å². The number of rotatable bonds is 5. The standard InChI is InChI=1S/C17H24N4O2S/c1-4-12(14-8-6-10-24-14)18-17(22)21-9-5-7-13(21)15-19-16(11(2)3)23-20-15/h6,8,10-13H,4-5,7,9H2,1-3H3,(H,18,22)/t12-,13+/m1/s1. The molecule has 2 amide bonds. The number of amides is 2. The van der Waals surface area contributed by atoms with Crippen molar-refractivity contribution in [3.8, 4) is 0 Å². The third-order valence-corrected chi connectivity index (χ3v) is 5.34. The van der Waals surface area contributed by atoms with Crippen molar-refractivity contribution in [3.05, 3.63) is 34.1 Å². The molecule has 1 aliphatic heterocycles. The van der Waals surface area contributed by atoms with Crippen LogP contribution in [-0.4, -0.2) is 27.6 Å². The molecule has 0 aliphatic carbocycles. The molecule has 1 aliphatic rings. The minimum atomic E-state index is -0.0953. The van der Waals surface area contributed by atoms with Crippen molar-refractivity contribution in [1.82, 2.24) is 20.4 Å². The van der Waals surface area contributed by atoms with Crippen LogP contribution in [0, 0.1) is 0 Å². The lowest BCUT2D eigenvalue weighted by atomic mass is 10.2. The monoisotopic (exact) mass is 348 g/mol. The number of likely N-dealkylation sites (tertiary alicyclic amines) is 1. The van der Waals surface area contributed by atoms with Crippen molar-refractivity contribution >= 4 is 17.4 Å². The van der Waals surface area contributed by atoms with E-state index in [-0.39, 0.29) is 24.0 Å². The zero-order chi connectivity index (χ0) is 17.1. The van der Waals surface area contributed by atoms with E-state index in [1.54, 1.807) is 11.3 Å². The molecule has 1 N–H and O–H groups in total. The van der Waals surface area contributed by atoms with Crippen LogP contribution in [0.5, 0.6) is 0 Å². The number of hydrogen-bond acceptors (Lipinski definition) is 5. The summed E-state index contributed by atoms with van der Waals surface area (Å²) < 4.78 is 5.31. The summed E-state index contributed by atoms with van der Waals surface area (Å²) in [5.74, 6) is 1.44. The third-order valence-electron chi connectivity index (χ3n) is 4.36. The summed E-state index contributed by atoms with van der Waals surface area (Å²) in [4.78, 5) is 20.3. The Morgan fingerprint density at radius 1 is 1.54 bits per heavy atom. The van der Waals surface area contributed by atoms with E-state index >= 15 is 0 Å². The normalized spacial score (nSPS) is 19.0. The van der Waals surface area contributed by atoms with Crippen molar-refractivity contribution in [2.24, 2.45) is 0 Å². The first-order valence-corrected chi connectivity index (χ1v) is 9.42. The summed E-state index contributed by atoms with van der Waals surface area (Å²) in [6, 6.07) is 3.99. The van der Waals surface area contributed by atoms with Gasteiger partial charge in [0.2, 0.25) is 5.89 Å². The molecule has 1 saturated heterocycles. The van der Waals surface area contributed by atoms with Crippen molar-refractivity contribution in [2.75, 3.05) is 6.54 Å². The van der Waals surface area contributed by atoms with Gasteiger partial charge in [-0.05, 0) is 30.7 Å². The molecule has 7 heteroatoms. The number of carbonyl (C=O) groups is 1. The van der Waals surface area contributed by atoms with Gasteiger partial charge in [-0.25, -0.2) is 4.79 Å². The van der Waals surface area contributed by atoms with Crippen molar-refractivity contribution in [2.45, 2.75) is 58.0 Å². The van der Waals surface area contributed by atoms with Crippen LogP contribution >= 0.6 is 11.3 Å². The van der Waals surface area contributed by atoms with Gasteiger partial charge in [-0.1, -0.05) is 32.0 Å². The van der Waals surface area contributed by atoms with E-state index in [2.05, 4.69) is 28.4 Å². The van der Waals surface area contributed by atoms with Crippen LogP contribution in [0.15, 0.2) is 22.0 Å². The molecule has 2 aromatic heterocycles. The van der Waals surface area contributed by atoms with Crippen LogP contribution in [0.25, 0.3) is 0 Å². The topological polar surface area (TPSA) is 71.3 Å². The minimum Gasteiger partial charge on any atom is -0.339 e. The fourth-order valence-corrected chi connectivity index (χ4v) is 3.85. The van der Waals surface area contributed by atoms with Crippen molar-refractivity contribution < 1.29 is 9.32 Å². The lowest BCUT2D eigenvalue weighted by Gasteiger charge is -2.25. The molecule has 0 unspecified atom stereocenters. The second-order valence-electron chi connectivity index (χ2n) is 6.42. The lowest BCUT2D eigenvalue weighted by Crippen LogP contribution is -2.41. The van der Waals surface area contributed by atoms with Crippen LogP contribution in [-0.2, 0) is 0 Å². The van der Waals surface area contributed by atoms with Crippen molar-refractivity contribution in [1.29, 1.82) is 0 Å². The van der Waals surface area contributed by atoms with Crippen LogP contribution in [0.2, 0.25) is 0 Å². The summed E-state index contributed by atoms with van der Waals surface area (Å²) in [7, 11) is 0. The highest BCUT2D eigenvalue weighted by molar-refractivity contribution is 7.10. The molecular formula is C17H24N4O2S. The molecule has 0 aromatic carbocycles. The van der Waals surface area contributed by atoms with E-state index in [9.17, 15) is 4.79 Å². The summed E-state index contributed by atoms with van der Waals surface area (Å²) in [6.45, 7) is 6.84. The predicted molar refractivity (Wildman–Crippen MR) is 93.0 cm³/mol. The Morgan fingerprint density at radius 2 is 2.38 bits per heavy atom. The average Bonchev–Trinajstić information content (AvgIpc) is 3.32. The quantitative estimate of drug-likeness (QED) is 0.877. The highest BCUT2D eigenvalue weighted by Gasteiger charge is 2.34. The maximum Gasteiger partial charge on any atom is 0.318 e. The Hall–Kier alpha value is -1.89. The SMILES string of the molecule is CC[C@@H](NC(=O)N1CCC[C@H]1c1noc(C(C)C)n1)c1cccs1. The second kappa shape index (κ2) is 7.34. The zero-order valence-corrected chi connectivity index (χ0v) is 15.2. The van der Waals surface area contributed by atoms with E-state index in [1.807, 2.05) is 30.2 Å². The Labute approximate surface area is 146 Å². The first-order valence-electron chi connectivity index (χ1n) is 8.54. The van der Waals surface area contributed by atoms with Crippen LogP contribution < -0.4 is 5.32 Å². The van der Waals surface area contributed by atoms with Gasteiger partial charge in [-0.3, -0.25) is 0 Å². The zero-order valence-electron chi connectivity index (χ0n) is 14.4. The summed E-state index contributed by atoms with van der Waals surface area (Å²) >= 11 is 1.67. The molecule has 2 aromatic rings. The second-order valence-corrected chi connectivity index (χ2v) is 7.40. The molecule has 3 rings (SSSR count). The maximum atomic E-state index is 12.8. The van der Waals surface area contributed by atoms with Gasteiger partial charge in [0.25, 0.3) is 0 Å². The van der Waals surface area contributed by atoms with Gasteiger partial charge in [0.05, 0.1) is 12.1 Å². The number of hydrogen-bond donors (Lipinski definition) is 1. The van der Waals surface area contributed by atoms with E-state index in [0.29, 0.717) is 11.7 Å². The number of carbonyl (C=O) groups excluding carboxylic acids is 1. The third kappa shape index (κ3) is 3.45. The van der Waals surface area contributed by atoms with Gasteiger partial charge in [0.1, 0.15) is 0 Å². The number of nitrogens with one attached hydrogen (secondary N) is 1. The number of urea groups is 1. The summed E-state index contributed by atoms with van der Waals surface area (Å²) in [5, 5.41) is 9.28. The van der Waals surface area contributed by atoms with Gasteiger partial charge in [-0.2, -0.15) is 4.98 Å². The van der Waals surface area contributed by atoms with E-state index in [1.165, 1.54) is 4.88 Å².